The molecule has 0 aliphatic carbocycles. The number of carboxylic acid groups (broad SMARTS) is 1. The van der Waals surface area contributed by atoms with Crippen molar-refractivity contribution in [1.82, 2.24) is 9.47 Å². The number of aromatic carboxylic acids is 1. The zero-order valence-corrected chi connectivity index (χ0v) is 21.3. The lowest BCUT2D eigenvalue weighted by molar-refractivity contribution is -0.122. The smallest absolute Gasteiger partial charge is 0.335 e. The van der Waals surface area contributed by atoms with Gasteiger partial charge in [0.15, 0.2) is 5.17 Å². The van der Waals surface area contributed by atoms with Crippen LogP contribution in [-0.2, 0) is 17.9 Å². The molecule has 0 unspecified atom stereocenters. The highest BCUT2D eigenvalue weighted by Gasteiger charge is 2.34. The number of amidine groups is 1. The largest absolute Gasteiger partial charge is 0.497 e. The molecule has 0 radical (unpaired) electrons. The first kappa shape index (κ1) is 24.9. The van der Waals surface area contributed by atoms with Crippen molar-refractivity contribution in [1.29, 1.82) is 0 Å². The fourth-order valence-corrected chi connectivity index (χ4v) is 5.18. The van der Waals surface area contributed by atoms with E-state index in [0.29, 0.717) is 28.1 Å². The number of benzene rings is 3. The van der Waals surface area contributed by atoms with Gasteiger partial charge in [-0.25, -0.2) is 9.79 Å². The molecule has 3 aromatic carbocycles. The highest BCUT2D eigenvalue weighted by atomic mass is 32.2. The van der Waals surface area contributed by atoms with Gasteiger partial charge in [-0.1, -0.05) is 36.3 Å². The molecule has 5 rings (SSSR count). The molecule has 1 aliphatic heterocycles. The second-order valence-corrected chi connectivity index (χ2v) is 9.54. The van der Waals surface area contributed by atoms with E-state index >= 15 is 0 Å². The van der Waals surface area contributed by atoms with Crippen molar-refractivity contribution in [3.8, 4) is 18.1 Å². The van der Waals surface area contributed by atoms with Crippen LogP contribution < -0.4 is 4.74 Å². The third-order valence-corrected chi connectivity index (χ3v) is 7.10. The first-order valence-electron chi connectivity index (χ1n) is 11.7. The molecule has 0 atom stereocenters. The summed E-state index contributed by atoms with van der Waals surface area (Å²) in [7, 11) is 1.60. The van der Waals surface area contributed by atoms with Gasteiger partial charge in [-0.05, 0) is 65.9 Å². The number of carbonyl (C=O) groups excluding carboxylic acids is 1. The van der Waals surface area contributed by atoms with E-state index in [1.165, 1.54) is 23.9 Å². The molecule has 1 amide bonds. The number of ether oxygens (including phenoxy) is 1. The number of hydrogen-bond acceptors (Lipinski definition) is 5. The number of fused-ring (bicyclic) bond motifs is 1. The van der Waals surface area contributed by atoms with Gasteiger partial charge in [0.05, 0.1) is 36.4 Å². The number of aromatic nitrogens is 1. The molecule has 188 valence electrons. The summed E-state index contributed by atoms with van der Waals surface area (Å²) in [6, 6.07) is 21.7. The van der Waals surface area contributed by atoms with Crippen LogP contribution in [-0.4, -0.2) is 38.7 Å². The summed E-state index contributed by atoms with van der Waals surface area (Å²) in [6.45, 7) is 0.671. The lowest BCUT2D eigenvalue weighted by Gasteiger charge is -2.16. The van der Waals surface area contributed by atoms with Crippen molar-refractivity contribution in [3.63, 3.8) is 0 Å². The van der Waals surface area contributed by atoms with Crippen molar-refractivity contribution in [2.45, 2.75) is 13.1 Å². The lowest BCUT2D eigenvalue weighted by Crippen LogP contribution is -2.28. The number of aliphatic imine (C=N–C) groups is 1. The molecule has 8 heteroatoms. The minimum absolute atomic E-state index is 0.182. The van der Waals surface area contributed by atoms with Crippen molar-refractivity contribution in [3.05, 3.63) is 101 Å². The second-order valence-electron chi connectivity index (χ2n) is 8.53. The van der Waals surface area contributed by atoms with Crippen LogP contribution in [0.2, 0.25) is 0 Å². The Kier molecular flexibility index (Phi) is 7.03. The molecule has 1 aliphatic rings. The van der Waals surface area contributed by atoms with Crippen LogP contribution in [0.3, 0.4) is 0 Å². The fourth-order valence-electron chi connectivity index (χ4n) is 4.19. The third-order valence-electron chi connectivity index (χ3n) is 6.09. The number of carbonyl (C=O) groups is 2. The van der Waals surface area contributed by atoms with Gasteiger partial charge in [-0.15, -0.1) is 6.42 Å². The van der Waals surface area contributed by atoms with Gasteiger partial charge >= 0.3 is 5.97 Å². The van der Waals surface area contributed by atoms with E-state index in [-0.39, 0.29) is 18.0 Å². The number of hydrogen-bond donors (Lipinski definition) is 1. The molecule has 38 heavy (non-hydrogen) atoms. The Morgan fingerprint density at radius 3 is 2.53 bits per heavy atom. The molecule has 1 saturated heterocycles. The zero-order valence-electron chi connectivity index (χ0n) is 20.5. The summed E-state index contributed by atoms with van der Waals surface area (Å²) < 4.78 is 7.22. The molecule has 1 aromatic heterocycles. The van der Waals surface area contributed by atoms with Crippen molar-refractivity contribution < 1.29 is 19.4 Å². The van der Waals surface area contributed by atoms with E-state index in [9.17, 15) is 14.7 Å². The van der Waals surface area contributed by atoms with E-state index in [4.69, 9.17) is 16.2 Å². The highest BCUT2D eigenvalue weighted by Crippen LogP contribution is 2.37. The Hall–Kier alpha value is -4.74. The quantitative estimate of drug-likeness (QED) is 0.246. The number of nitrogens with zero attached hydrogens (tertiary/aromatic N) is 3. The zero-order chi connectivity index (χ0) is 26.6. The normalized spacial score (nSPS) is 15.4. The lowest BCUT2D eigenvalue weighted by atomic mass is 10.1. The second kappa shape index (κ2) is 10.7. The average Bonchev–Trinajstić information content (AvgIpc) is 3.42. The number of rotatable bonds is 7. The Bertz CT molecular complexity index is 1630. The fraction of sp³-hybridized carbons (Fsp3) is 0.100. The maximum absolute atomic E-state index is 13.7. The summed E-state index contributed by atoms with van der Waals surface area (Å²) >= 11 is 1.30. The van der Waals surface area contributed by atoms with E-state index < -0.39 is 5.97 Å². The predicted octanol–water partition coefficient (Wildman–Crippen LogP) is 5.79. The number of terminal acetylenes is 1. The monoisotopic (exact) mass is 521 g/mol. The predicted molar refractivity (Wildman–Crippen MR) is 150 cm³/mol. The Balaban J connectivity index is 1.53. The molecule has 1 fully saturated rings. The Morgan fingerprint density at radius 1 is 1.11 bits per heavy atom. The summed E-state index contributed by atoms with van der Waals surface area (Å²) in [5, 5.41) is 10.7. The van der Waals surface area contributed by atoms with E-state index in [1.807, 2.05) is 65.4 Å². The van der Waals surface area contributed by atoms with Gasteiger partial charge in [0, 0.05) is 22.7 Å². The molecule has 4 aromatic rings. The average molecular weight is 522 g/mol. The van der Waals surface area contributed by atoms with Crippen LogP contribution in [0.25, 0.3) is 17.0 Å². The first-order valence-corrected chi connectivity index (χ1v) is 12.6. The SMILES string of the molecule is C#CCn1cc(/C=C2\SC(=Nc3ccc(OC)cc3)N(Cc3ccc(C(=O)O)cc3)C2=O)c2ccccc21. The minimum Gasteiger partial charge on any atom is -0.497 e. The topological polar surface area (TPSA) is 84.1 Å². The van der Waals surface area contributed by atoms with Gasteiger partial charge < -0.3 is 14.4 Å². The van der Waals surface area contributed by atoms with E-state index in [2.05, 4.69) is 5.92 Å². The third kappa shape index (κ3) is 5.05. The number of amides is 1. The number of methoxy groups -OCH3 is 1. The van der Waals surface area contributed by atoms with Crippen LogP contribution in [0.4, 0.5) is 5.69 Å². The standard InChI is InChI=1S/C30H23N3O4S/c1-3-16-32-19-22(25-6-4-5-7-26(25)32)17-27-28(34)33(18-20-8-10-21(11-9-20)29(35)36)30(38-27)31-23-12-14-24(37-2)15-13-23/h1,4-15,17,19H,16,18H2,2H3,(H,35,36)/b27-17-,31-30?. The first-order chi connectivity index (χ1) is 18.5. The molecule has 7 nitrogen and oxygen atoms in total. The molecular weight excluding hydrogens is 498 g/mol. The van der Waals surface area contributed by atoms with Gasteiger partial charge in [0.2, 0.25) is 0 Å². The summed E-state index contributed by atoms with van der Waals surface area (Å²) in [5.41, 5.74) is 3.54. The van der Waals surface area contributed by atoms with Crippen molar-refractivity contribution in [2.75, 3.05) is 7.11 Å². The molecule has 0 bridgehead atoms. The van der Waals surface area contributed by atoms with Crippen LogP contribution in [0.1, 0.15) is 21.5 Å². The van der Waals surface area contributed by atoms with Crippen molar-refractivity contribution in [2.24, 2.45) is 4.99 Å². The van der Waals surface area contributed by atoms with E-state index in [1.54, 1.807) is 24.1 Å². The van der Waals surface area contributed by atoms with Gasteiger partial charge in [0.25, 0.3) is 5.91 Å². The maximum Gasteiger partial charge on any atom is 0.335 e. The number of carboxylic acids is 1. The summed E-state index contributed by atoms with van der Waals surface area (Å²) in [5.74, 6) is 2.21. The van der Waals surface area contributed by atoms with Crippen LogP contribution in [0.5, 0.6) is 5.75 Å². The molecule has 2 heterocycles. The van der Waals surface area contributed by atoms with Gasteiger partial charge in [0.1, 0.15) is 5.75 Å². The molecular formula is C30H23N3O4S. The number of thioether (sulfide) groups is 1. The van der Waals surface area contributed by atoms with Gasteiger partial charge in [-0.2, -0.15) is 0 Å². The van der Waals surface area contributed by atoms with Crippen LogP contribution in [0, 0.1) is 12.3 Å². The molecule has 0 saturated carbocycles. The van der Waals surface area contributed by atoms with Crippen LogP contribution >= 0.6 is 11.8 Å². The minimum atomic E-state index is -1.000. The Morgan fingerprint density at radius 2 is 1.84 bits per heavy atom. The maximum atomic E-state index is 13.7. The van der Waals surface area contributed by atoms with Crippen LogP contribution in [0.15, 0.2) is 88.9 Å². The van der Waals surface area contributed by atoms with E-state index in [0.717, 1.165) is 22.0 Å². The Labute approximate surface area is 224 Å². The van der Waals surface area contributed by atoms with Crippen molar-refractivity contribution >= 4 is 51.5 Å². The highest BCUT2D eigenvalue weighted by molar-refractivity contribution is 8.18. The molecule has 1 N–H and O–H groups in total. The van der Waals surface area contributed by atoms with Gasteiger partial charge in [-0.3, -0.25) is 9.69 Å². The molecule has 0 spiro atoms. The number of para-hydroxylation sites is 1. The summed E-state index contributed by atoms with van der Waals surface area (Å²) in [4.78, 5) is 31.8. The summed E-state index contributed by atoms with van der Waals surface area (Å²) in [6.07, 6.45) is 9.40.